The van der Waals surface area contributed by atoms with Crippen molar-refractivity contribution in [1.82, 2.24) is 0 Å². The van der Waals surface area contributed by atoms with Gasteiger partial charge in [-0.3, -0.25) is 0 Å². The molecule has 0 atom stereocenters. The average Bonchev–Trinajstić information content (AvgIpc) is 0.592. The number of halogens is 5. The average molecular weight is 294 g/mol. The van der Waals surface area contributed by atoms with Gasteiger partial charge < -0.3 is 0 Å². The van der Waals surface area contributed by atoms with Crippen LogP contribution in [0, 0.1) is 0 Å². The molecule has 1 nitrogen and oxygen atoms in total. The Morgan fingerprint density at radius 3 is 0.857 bits per heavy atom. The van der Waals surface area contributed by atoms with E-state index in [0.29, 0.717) is 0 Å². The van der Waals surface area contributed by atoms with Crippen LogP contribution in [0.2, 0.25) is 0 Å². The Bertz CT molecular complexity index is 126. The summed E-state index contributed by atoms with van der Waals surface area (Å²) in [6.07, 6.45) is 0. The summed E-state index contributed by atoms with van der Waals surface area (Å²) in [5, 5.41) is 0. The summed E-state index contributed by atoms with van der Waals surface area (Å²) < 4.78 is 10.3. The van der Waals surface area contributed by atoms with Crippen molar-refractivity contribution in [3.05, 3.63) is 0 Å². The molecule has 7 heteroatoms. The van der Waals surface area contributed by atoms with Gasteiger partial charge in [-0.2, -0.15) is 0 Å². The zero-order valence-electron chi connectivity index (χ0n) is 2.65. The Balaban J connectivity index is 4.85. The van der Waals surface area contributed by atoms with Crippen molar-refractivity contribution >= 4 is 48.5 Å². The fourth-order valence-corrected chi connectivity index (χ4v) is 0. The van der Waals surface area contributed by atoms with Crippen LogP contribution < -0.4 is 0 Å². The van der Waals surface area contributed by atoms with E-state index in [2.05, 4.69) is 0 Å². The molecular weight excluding hydrogens is 294 g/mol. The maximum atomic E-state index is 10.3. The summed E-state index contributed by atoms with van der Waals surface area (Å²) in [6.45, 7) is 0. The van der Waals surface area contributed by atoms with Crippen molar-refractivity contribution in [2.75, 3.05) is 0 Å². The van der Waals surface area contributed by atoms with Crippen molar-refractivity contribution in [1.29, 1.82) is 0 Å². The summed E-state index contributed by atoms with van der Waals surface area (Å²) in [5.41, 5.74) is 0. The second kappa shape index (κ2) is 1.31. The first-order valence-electron chi connectivity index (χ1n) is 0.812. The molecular formula is Cl5ORu. The Kier molecular flexibility index (Phi) is 1.66. The monoisotopic (exact) mass is 293 g/mol. The molecule has 0 aromatic rings. The van der Waals surface area contributed by atoms with Gasteiger partial charge in [-0.1, -0.05) is 0 Å². The predicted molar refractivity (Wildman–Crippen MR) is 30.0 cm³/mol. The third-order valence-corrected chi connectivity index (χ3v) is 0. The molecule has 0 rings (SSSR count). The van der Waals surface area contributed by atoms with Gasteiger partial charge >= 0.3 is 59.5 Å². The van der Waals surface area contributed by atoms with Crippen LogP contribution in [0.25, 0.3) is 0 Å². The SMILES string of the molecule is [O]=[Ru]([Cl])([Cl])([Cl])([Cl])[Cl]. The van der Waals surface area contributed by atoms with E-state index in [4.69, 9.17) is 48.5 Å². The van der Waals surface area contributed by atoms with Crippen molar-refractivity contribution in [3.63, 3.8) is 0 Å². The van der Waals surface area contributed by atoms with Crippen LogP contribution in [-0.4, -0.2) is 0 Å². The van der Waals surface area contributed by atoms with Crippen molar-refractivity contribution in [2.45, 2.75) is 0 Å². The van der Waals surface area contributed by atoms with Crippen LogP contribution in [0.15, 0.2) is 0 Å². The Labute approximate surface area is 59.0 Å². The third-order valence-electron chi connectivity index (χ3n) is 0. The first kappa shape index (κ1) is 8.87. The first-order valence-corrected chi connectivity index (χ1v) is 12.7. The molecule has 0 unspecified atom stereocenters. The first-order chi connectivity index (χ1) is 2.45. The van der Waals surface area contributed by atoms with E-state index in [-0.39, 0.29) is 0 Å². The molecule has 0 spiro atoms. The van der Waals surface area contributed by atoms with E-state index in [9.17, 15) is 3.57 Å². The Morgan fingerprint density at radius 2 is 0.857 bits per heavy atom. The summed E-state index contributed by atoms with van der Waals surface area (Å²) in [7, 11) is 17.7. The topological polar surface area (TPSA) is 17.1 Å². The maximum absolute atomic E-state index is 10.3. The van der Waals surface area contributed by atoms with E-state index in [1.165, 1.54) is 0 Å². The van der Waals surface area contributed by atoms with Crippen molar-refractivity contribution < 1.29 is 11.0 Å². The quantitative estimate of drug-likeness (QED) is 0.626. The van der Waals surface area contributed by atoms with E-state index in [0.717, 1.165) is 0 Å². The zero-order chi connectivity index (χ0) is 6.41. The van der Waals surface area contributed by atoms with Crippen LogP contribution in [0.1, 0.15) is 0 Å². The molecule has 7 heavy (non-hydrogen) atoms. The molecule has 0 radical (unpaired) electrons. The third kappa shape index (κ3) is 77.4. The molecule has 0 aromatic heterocycles. The summed E-state index contributed by atoms with van der Waals surface area (Å²) in [6, 6.07) is 0. The van der Waals surface area contributed by atoms with Gasteiger partial charge in [-0.05, 0) is 0 Å². The summed E-state index contributed by atoms with van der Waals surface area (Å²) >= 11 is 0. The molecule has 0 aromatic carbocycles. The van der Waals surface area contributed by atoms with Crippen molar-refractivity contribution in [3.8, 4) is 0 Å². The Hall–Kier alpha value is 1.87. The molecule has 0 amide bonds. The van der Waals surface area contributed by atoms with Gasteiger partial charge in [0.05, 0.1) is 0 Å². The fraction of sp³-hybridized carbons (Fsp3) is 0. The van der Waals surface area contributed by atoms with Crippen LogP contribution in [0.4, 0.5) is 0 Å². The van der Waals surface area contributed by atoms with Gasteiger partial charge in [0.15, 0.2) is 0 Å². The zero-order valence-corrected chi connectivity index (χ0v) is 8.17. The van der Waals surface area contributed by atoms with Gasteiger partial charge in [-0.25, -0.2) is 0 Å². The van der Waals surface area contributed by atoms with E-state index >= 15 is 0 Å². The molecule has 0 fully saturated rings. The molecule has 0 saturated carbocycles. The molecule has 0 aliphatic rings. The van der Waals surface area contributed by atoms with E-state index < -0.39 is 7.42 Å². The molecule has 0 aliphatic heterocycles. The molecule has 0 heterocycles. The predicted octanol–water partition coefficient (Wildman–Crippen LogP) is 3.33. The standard InChI is InChI=1S/5ClH.O.Ru/h5*1H;;/q;;;;;;+5/p-5. The van der Waals surface area contributed by atoms with Crippen LogP contribution >= 0.6 is 48.5 Å². The van der Waals surface area contributed by atoms with E-state index in [1.807, 2.05) is 0 Å². The van der Waals surface area contributed by atoms with Crippen LogP contribution in [0.3, 0.4) is 0 Å². The molecule has 0 aliphatic carbocycles. The van der Waals surface area contributed by atoms with Crippen LogP contribution in [-0.2, 0) is 11.0 Å². The normalized spacial score (nSPS) is 23.0. The molecule has 0 saturated heterocycles. The van der Waals surface area contributed by atoms with Crippen LogP contribution in [0.5, 0.6) is 0 Å². The van der Waals surface area contributed by atoms with Gasteiger partial charge in [0.1, 0.15) is 0 Å². The molecule has 0 N–H and O–H groups in total. The molecule has 49 valence electrons. The van der Waals surface area contributed by atoms with Gasteiger partial charge in [0.25, 0.3) is 0 Å². The fourth-order valence-electron chi connectivity index (χ4n) is 0. The summed E-state index contributed by atoms with van der Waals surface area (Å²) in [4.78, 5) is 0. The second-order valence-electron chi connectivity index (χ2n) is 0.778. The van der Waals surface area contributed by atoms with E-state index in [1.54, 1.807) is 0 Å². The van der Waals surface area contributed by atoms with Gasteiger partial charge in [-0.15, -0.1) is 0 Å². The number of hydrogen-bond acceptors (Lipinski definition) is 1. The van der Waals surface area contributed by atoms with Gasteiger partial charge in [0.2, 0.25) is 0 Å². The Morgan fingerprint density at radius 1 is 0.857 bits per heavy atom. The summed E-state index contributed by atoms with van der Waals surface area (Å²) in [5.74, 6) is 0. The molecule has 0 bridgehead atoms. The minimum atomic E-state index is -5.94. The number of rotatable bonds is 0. The second-order valence-corrected chi connectivity index (χ2v) is 31.7. The van der Waals surface area contributed by atoms with Gasteiger partial charge in [0, 0.05) is 0 Å². The minimum absolute atomic E-state index is 4.72. The number of hydrogen-bond donors (Lipinski definition) is 0. The van der Waals surface area contributed by atoms with Crippen molar-refractivity contribution in [2.24, 2.45) is 0 Å².